The van der Waals surface area contributed by atoms with Crippen molar-refractivity contribution in [1.29, 1.82) is 0 Å². The van der Waals surface area contributed by atoms with Crippen molar-refractivity contribution in [1.82, 2.24) is 4.98 Å². The van der Waals surface area contributed by atoms with Crippen molar-refractivity contribution >= 4 is 32.6 Å². The zero-order chi connectivity index (χ0) is 17.9. The molecule has 2 heterocycles. The molecule has 5 nitrogen and oxygen atoms in total. The first kappa shape index (κ1) is 16.4. The zero-order valence-corrected chi connectivity index (χ0v) is 14.9. The summed E-state index contributed by atoms with van der Waals surface area (Å²) in [4.78, 5) is 18.9. The summed E-state index contributed by atoms with van der Waals surface area (Å²) in [5, 5.41) is 0.627. The minimum absolute atomic E-state index is 0.249. The van der Waals surface area contributed by atoms with Gasteiger partial charge in [0.05, 0.1) is 16.5 Å². The van der Waals surface area contributed by atoms with E-state index in [0.717, 1.165) is 16.0 Å². The topological polar surface area (TPSA) is 55.6 Å². The minimum Gasteiger partial charge on any atom is -0.489 e. The van der Waals surface area contributed by atoms with Gasteiger partial charge in [-0.3, -0.25) is 9.69 Å². The van der Waals surface area contributed by atoms with Crippen LogP contribution in [-0.2, 0) is 6.61 Å². The third kappa shape index (κ3) is 3.19. The van der Waals surface area contributed by atoms with Gasteiger partial charge in [-0.05, 0) is 30.3 Å². The quantitative estimate of drug-likeness (QED) is 0.513. The summed E-state index contributed by atoms with van der Waals surface area (Å²) in [7, 11) is 1.70. The molecule has 4 rings (SSSR count). The number of aromatic nitrogens is 1. The molecule has 6 heteroatoms. The summed E-state index contributed by atoms with van der Waals surface area (Å²) in [6.45, 7) is 0.259. The molecule has 0 fully saturated rings. The molecule has 0 aliphatic rings. The number of carbonyl (C=O) groups is 1. The molecular weight excluding hydrogens is 348 g/mol. The van der Waals surface area contributed by atoms with Gasteiger partial charge in [0.2, 0.25) is 0 Å². The Bertz CT molecular complexity index is 1010. The predicted octanol–water partition coefficient (Wildman–Crippen LogP) is 4.74. The fourth-order valence-corrected chi connectivity index (χ4v) is 3.48. The number of ether oxygens (including phenoxy) is 1. The Labute approximate surface area is 154 Å². The summed E-state index contributed by atoms with van der Waals surface area (Å²) < 4.78 is 12.2. The highest BCUT2D eigenvalue weighted by atomic mass is 32.1. The molecule has 130 valence electrons. The van der Waals surface area contributed by atoms with Crippen molar-refractivity contribution in [3.63, 3.8) is 0 Å². The fraction of sp³-hybridized carbons (Fsp3) is 0.100. The lowest BCUT2D eigenvalue weighted by atomic mass is 10.2. The number of benzene rings is 2. The second-order valence-corrected chi connectivity index (χ2v) is 6.71. The number of para-hydroxylation sites is 2. The minimum atomic E-state index is -0.249. The van der Waals surface area contributed by atoms with Gasteiger partial charge in [-0.15, -0.1) is 0 Å². The number of carbonyl (C=O) groups excluding carboxylic acids is 1. The second-order valence-electron chi connectivity index (χ2n) is 5.71. The van der Waals surface area contributed by atoms with Gasteiger partial charge in [0.15, 0.2) is 10.9 Å². The van der Waals surface area contributed by atoms with Crippen LogP contribution >= 0.6 is 11.3 Å². The molecule has 0 atom stereocenters. The van der Waals surface area contributed by atoms with Crippen molar-refractivity contribution in [3.8, 4) is 5.75 Å². The molecule has 0 aliphatic carbocycles. The van der Waals surface area contributed by atoms with E-state index >= 15 is 0 Å². The molecule has 0 spiro atoms. The van der Waals surface area contributed by atoms with Crippen LogP contribution in [0.4, 0.5) is 5.13 Å². The Hall–Kier alpha value is -3.12. The molecular formula is C20H16N2O3S. The molecule has 4 aromatic rings. The van der Waals surface area contributed by atoms with E-state index in [9.17, 15) is 4.79 Å². The monoisotopic (exact) mass is 364 g/mol. The van der Waals surface area contributed by atoms with Gasteiger partial charge in [-0.25, -0.2) is 4.98 Å². The average molecular weight is 364 g/mol. The van der Waals surface area contributed by atoms with E-state index < -0.39 is 0 Å². The number of fused-ring (bicyclic) bond motifs is 1. The van der Waals surface area contributed by atoms with Crippen LogP contribution < -0.4 is 9.64 Å². The summed E-state index contributed by atoms with van der Waals surface area (Å²) in [6.07, 6.45) is 1.50. The van der Waals surface area contributed by atoms with Gasteiger partial charge < -0.3 is 9.15 Å². The highest BCUT2D eigenvalue weighted by molar-refractivity contribution is 7.22. The van der Waals surface area contributed by atoms with E-state index in [2.05, 4.69) is 4.98 Å². The number of rotatable bonds is 5. The van der Waals surface area contributed by atoms with Crippen molar-refractivity contribution in [2.45, 2.75) is 6.61 Å². The average Bonchev–Trinajstić information content (AvgIpc) is 3.32. The van der Waals surface area contributed by atoms with Gasteiger partial charge >= 0.3 is 0 Å². The molecule has 0 saturated heterocycles. The summed E-state index contributed by atoms with van der Waals surface area (Å²) >= 11 is 1.47. The van der Waals surface area contributed by atoms with Crippen LogP contribution in [0.1, 0.15) is 16.1 Å². The largest absolute Gasteiger partial charge is 0.489 e. The van der Waals surface area contributed by atoms with Crippen molar-refractivity contribution < 1.29 is 13.9 Å². The zero-order valence-electron chi connectivity index (χ0n) is 14.1. The number of nitrogens with zero attached hydrogens (tertiary/aromatic N) is 2. The maximum atomic E-state index is 12.9. The number of furan rings is 1. The SMILES string of the molecule is CN(C(=O)c1occc1COc1ccccc1)c1nc2ccccc2s1. The van der Waals surface area contributed by atoms with Crippen LogP contribution in [0.5, 0.6) is 5.75 Å². The van der Waals surface area contributed by atoms with Crippen LogP contribution in [0.25, 0.3) is 10.2 Å². The highest BCUT2D eigenvalue weighted by Gasteiger charge is 2.23. The normalized spacial score (nSPS) is 10.8. The molecule has 0 aliphatic heterocycles. The lowest BCUT2D eigenvalue weighted by Crippen LogP contribution is -2.26. The van der Waals surface area contributed by atoms with E-state index in [-0.39, 0.29) is 18.3 Å². The maximum Gasteiger partial charge on any atom is 0.295 e. The second kappa shape index (κ2) is 7.01. The maximum absolute atomic E-state index is 12.9. The van der Waals surface area contributed by atoms with Crippen LogP contribution in [0, 0.1) is 0 Å². The standard InChI is InChI=1S/C20H16N2O3S/c1-22(20-21-16-9-5-6-10-17(16)26-20)19(23)18-14(11-12-24-18)13-25-15-7-3-2-4-8-15/h2-12H,13H2,1H3. The lowest BCUT2D eigenvalue weighted by molar-refractivity contribution is 0.0963. The first-order valence-corrected chi connectivity index (χ1v) is 8.92. The van der Waals surface area contributed by atoms with E-state index in [1.165, 1.54) is 22.5 Å². The Morgan fingerprint density at radius 1 is 1.12 bits per heavy atom. The number of hydrogen-bond acceptors (Lipinski definition) is 5. The number of anilines is 1. The van der Waals surface area contributed by atoms with E-state index in [1.54, 1.807) is 13.1 Å². The molecule has 2 aromatic heterocycles. The number of hydrogen-bond donors (Lipinski definition) is 0. The van der Waals surface area contributed by atoms with Crippen LogP contribution in [0.3, 0.4) is 0 Å². The van der Waals surface area contributed by atoms with Crippen LogP contribution in [0.15, 0.2) is 71.3 Å². The Kier molecular flexibility index (Phi) is 4.41. The molecule has 1 amide bonds. The van der Waals surface area contributed by atoms with Gasteiger partial charge in [0.25, 0.3) is 5.91 Å². The first-order chi connectivity index (χ1) is 12.7. The van der Waals surface area contributed by atoms with Gasteiger partial charge in [-0.1, -0.05) is 41.7 Å². The molecule has 0 saturated carbocycles. The predicted molar refractivity (Wildman–Crippen MR) is 102 cm³/mol. The van der Waals surface area contributed by atoms with E-state index in [4.69, 9.17) is 9.15 Å². The third-order valence-corrected chi connectivity index (χ3v) is 5.07. The smallest absolute Gasteiger partial charge is 0.295 e. The Morgan fingerprint density at radius 3 is 2.69 bits per heavy atom. The lowest BCUT2D eigenvalue weighted by Gasteiger charge is -2.13. The van der Waals surface area contributed by atoms with Crippen molar-refractivity contribution in [2.75, 3.05) is 11.9 Å². The van der Waals surface area contributed by atoms with E-state index in [1.807, 2.05) is 54.6 Å². The Balaban J connectivity index is 1.53. The summed E-state index contributed by atoms with van der Waals surface area (Å²) in [5.74, 6) is 0.759. The molecule has 0 unspecified atom stereocenters. The number of thiazole rings is 1. The van der Waals surface area contributed by atoms with Gasteiger partial charge in [-0.2, -0.15) is 0 Å². The van der Waals surface area contributed by atoms with Crippen LogP contribution in [-0.4, -0.2) is 17.9 Å². The summed E-state index contributed by atoms with van der Waals surface area (Å²) in [6, 6.07) is 19.0. The van der Waals surface area contributed by atoms with Gasteiger partial charge in [0.1, 0.15) is 12.4 Å². The van der Waals surface area contributed by atoms with Gasteiger partial charge in [0, 0.05) is 12.6 Å². The molecule has 0 bridgehead atoms. The van der Waals surface area contributed by atoms with Crippen molar-refractivity contribution in [3.05, 3.63) is 78.3 Å². The molecule has 26 heavy (non-hydrogen) atoms. The number of amides is 1. The Morgan fingerprint density at radius 2 is 1.88 bits per heavy atom. The highest BCUT2D eigenvalue weighted by Crippen LogP contribution is 2.29. The van der Waals surface area contributed by atoms with Crippen molar-refractivity contribution in [2.24, 2.45) is 0 Å². The fourth-order valence-electron chi connectivity index (χ4n) is 2.56. The van der Waals surface area contributed by atoms with Crippen LogP contribution in [0.2, 0.25) is 0 Å². The summed E-state index contributed by atoms with van der Waals surface area (Å²) in [5.41, 5.74) is 1.58. The van der Waals surface area contributed by atoms with E-state index in [0.29, 0.717) is 10.7 Å². The molecule has 2 aromatic carbocycles. The third-order valence-electron chi connectivity index (χ3n) is 3.95. The first-order valence-electron chi connectivity index (χ1n) is 8.10. The molecule has 0 N–H and O–H groups in total. The molecule has 0 radical (unpaired) electrons.